The molecule has 30 heavy (non-hydrogen) atoms. The molecule has 154 valence electrons. The molecule has 4 rings (SSSR count). The summed E-state index contributed by atoms with van der Waals surface area (Å²) in [6, 6.07) is 12.9. The Bertz CT molecular complexity index is 1310. The molecule has 7 nitrogen and oxygen atoms in total. The molecule has 0 aliphatic rings. The zero-order valence-corrected chi connectivity index (χ0v) is 16.5. The number of amides is 1. The predicted octanol–water partition coefficient (Wildman–Crippen LogP) is 2.73. The third-order valence-electron chi connectivity index (χ3n) is 4.94. The molecule has 4 aromatic rings. The SMILES string of the molecule is COc1ccc(CNC(=O)Cn2c(=O)c3cccn3c3ccc(F)cc32)cc1OC. The van der Waals surface area contributed by atoms with E-state index in [0.29, 0.717) is 28.0 Å². The Morgan fingerprint density at radius 2 is 1.80 bits per heavy atom. The van der Waals surface area contributed by atoms with Crippen molar-refractivity contribution in [3.63, 3.8) is 0 Å². The van der Waals surface area contributed by atoms with Gasteiger partial charge in [-0.15, -0.1) is 0 Å². The summed E-state index contributed by atoms with van der Waals surface area (Å²) in [5.74, 6) is 0.301. The normalized spacial score (nSPS) is 11.0. The van der Waals surface area contributed by atoms with Gasteiger partial charge in [-0.1, -0.05) is 6.07 Å². The van der Waals surface area contributed by atoms with E-state index < -0.39 is 5.82 Å². The lowest BCUT2D eigenvalue weighted by molar-refractivity contribution is -0.121. The van der Waals surface area contributed by atoms with Crippen LogP contribution >= 0.6 is 0 Å². The molecule has 0 aliphatic heterocycles. The lowest BCUT2D eigenvalue weighted by Gasteiger charge is -2.13. The molecule has 0 saturated carbocycles. The van der Waals surface area contributed by atoms with Gasteiger partial charge in [-0.3, -0.25) is 14.2 Å². The fraction of sp³-hybridized carbons (Fsp3) is 0.182. The molecule has 0 saturated heterocycles. The van der Waals surface area contributed by atoms with Gasteiger partial charge in [0.1, 0.15) is 17.9 Å². The Hall–Kier alpha value is -3.81. The highest BCUT2D eigenvalue weighted by Crippen LogP contribution is 2.27. The van der Waals surface area contributed by atoms with Crippen LogP contribution in [0.1, 0.15) is 5.56 Å². The molecule has 1 amide bonds. The van der Waals surface area contributed by atoms with Crippen molar-refractivity contribution in [2.45, 2.75) is 13.1 Å². The highest BCUT2D eigenvalue weighted by molar-refractivity contribution is 5.82. The van der Waals surface area contributed by atoms with Crippen LogP contribution in [0.15, 0.2) is 59.5 Å². The summed E-state index contributed by atoms with van der Waals surface area (Å²) in [4.78, 5) is 25.5. The molecule has 8 heteroatoms. The number of fused-ring (bicyclic) bond motifs is 3. The van der Waals surface area contributed by atoms with E-state index in [-0.39, 0.29) is 24.6 Å². The number of carbonyl (C=O) groups is 1. The molecule has 0 aliphatic carbocycles. The first-order valence-electron chi connectivity index (χ1n) is 9.28. The van der Waals surface area contributed by atoms with Crippen LogP contribution in [-0.4, -0.2) is 29.1 Å². The van der Waals surface area contributed by atoms with Crippen molar-refractivity contribution in [2.75, 3.05) is 14.2 Å². The van der Waals surface area contributed by atoms with Gasteiger partial charge in [0.2, 0.25) is 5.91 Å². The number of methoxy groups -OCH3 is 2. The van der Waals surface area contributed by atoms with E-state index in [1.165, 1.54) is 23.8 Å². The van der Waals surface area contributed by atoms with Crippen LogP contribution in [0.4, 0.5) is 4.39 Å². The second-order valence-electron chi connectivity index (χ2n) is 6.75. The Labute approximate surface area is 171 Å². The Kier molecular flexibility index (Phi) is 5.14. The topological polar surface area (TPSA) is 74.0 Å². The number of hydrogen-bond donors (Lipinski definition) is 1. The summed E-state index contributed by atoms with van der Waals surface area (Å²) >= 11 is 0. The first kappa shape index (κ1) is 19.5. The maximum atomic E-state index is 13.9. The van der Waals surface area contributed by atoms with Gasteiger partial charge in [0.25, 0.3) is 5.56 Å². The zero-order chi connectivity index (χ0) is 21.3. The predicted molar refractivity (Wildman–Crippen MR) is 111 cm³/mol. The third-order valence-corrected chi connectivity index (χ3v) is 4.94. The summed E-state index contributed by atoms with van der Waals surface area (Å²) in [5.41, 5.74) is 1.86. The van der Waals surface area contributed by atoms with Crippen LogP contribution in [0.25, 0.3) is 16.6 Å². The number of nitrogens with one attached hydrogen (secondary N) is 1. The number of halogens is 1. The molecule has 2 aromatic carbocycles. The average Bonchev–Trinajstić information content (AvgIpc) is 3.25. The van der Waals surface area contributed by atoms with Crippen LogP contribution in [0.5, 0.6) is 11.5 Å². The largest absolute Gasteiger partial charge is 0.493 e. The molecule has 2 heterocycles. The van der Waals surface area contributed by atoms with Crippen molar-refractivity contribution in [2.24, 2.45) is 0 Å². The number of ether oxygens (including phenoxy) is 2. The van der Waals surface area contributed by atoms with E-state index in [9.17, 15) is 14.0 Å². The highest BCUT2D eigenvalue weighted by Gasteiger charge is 2.14. The summed E-state index contributed by atoms with van der Waals surface area (Å²) in [6.45, 7) is 0.0152. The minimum atomic E-state index is -0.479. The lowest BCUT2D eigenvalue weighted by Crippen LogP contribution is -2.33. The van der Waals surface area contributed by atoms with Gasteiger partial charge in [0.05, 0.1) is 25.3 Å². The maximum absolute atomic E-state index is 13.9. The molecule has 0 unspecified atom stereocenters. The lowest BCUT2D eigenvalue weighted by atomic mass is 10.2. The van der Waals surface area contributed by atoms with Crippen LogP contribution < -0.4 is 20.3 Å². The van der Waals surface area contributed by atoms with Crippen LogP contribution in [0, 0.1) is 5.82 Å². The van der Waals surface area contributed by atoms with Gasteiger partial charge >= 0.3 is 0 Å². The summed E-state index contributed by atoms with van der Waals surface area (Å²) < 4.78 is 27.3. The van der Waals surface area contributed by atoms with E-state index in [1.807, 2.05) is 6.07 Å². The molecule has 2 aromatic heterocycles. The van der Waals surface area contributed by atoms with Gasteiger partial charge in [0.15, 0.2) is 11.5 Å². The number of nitrogens with zero attached hydrogens (tertiary/aromatic N) is 2. The molecule has 0 fully saturated rings. The Balaban J connectivity index is 1.61. The van der Waals surface area contributed by atoms with Gasteiger partial charge in [-0.2, -0.15) is 0 Å². The zero-order valence-electron chi connectivity index (χ0n) is 16.5. The average molecular weight is 409 g/mol. The van der Waals surface area contributed by atoms with Crippen molar-refractivity contribution in [1.29, 1.82) is 0 Å². The second kappa shape index (κ2) is 7.90. The van der Waals surface area contributed by atoms with E-state index in [1.54, 1.807) is 48.0 Å². The summed E-state index contributed by atoms with van der Waals surface area (Å²) in [6.07, 6.45) is 1.73. The summed E-state index contributed by atoms with van der Waals surface area (Å²) in [5, 5.41) is 2.79. The number of aromatic nitrogens is 2. The third kappa shape index (κ3) is 3.47. The van der Waals surface area contributed by atoms with Crippen molar-refractivity contribution in [3.8, 4) is 11.5 Å². The maximum Gasteiger partial charge on any atom is 0.275 e. The highest BCUT2D eigenvalue weighted by atomic mass is 19.1. The first-order chi connectivity index (χ1) is 14.5. The fourth-order valence-electron chi connectivity index (χ4n) is 3.48. The van der Waals surface area contributed by atoms with Crippen molar-refractivity contribution in [1.82, 2.24) is 14.3 Å². The van der Waals surface area contributed by atoms with Gasteiger partial charge < -0.3 is 19.2 Å². The monoisotopic (exact) mass is 409 g/mol. The van der Waals surface area contributed by atoms with Gasteiger partial charge in [0, 0.05) is 12.7 Å². The molecule has 0 bridgehead atoms. The minimum Gasteiger partial charge on any atom is -0.493 e. The van der Waals surface area contributed by atoms with Gasteiger partial charge in [-0.05, 0) is 48.0 Å². The molecule has 0 atom stereocenters. The molecule has 1 N–H and O–H groups in total. The van der Waals surface area contributed by atoms with E-state index in [0.717, 1.165) is 5.56 Å². The smallest absolute Gasteiger partial charge is 0.275 e. The summed E-state index contributed by atoms with van der Waals surface area (Å²) in [7, 11) is 3.08. The molecular formula is C22H20FN3O4. The molecule has 0 radical (unpaired) electrons. The number of hydrogen-bond acceptors (Lipinski definition) is 4. The molecule has 0 spiro atoms. The Morgan fingerprint density at radius 3 is 2.57 bits per heavy atom. The van der Waals surface area contributed by atoms with Gasteiger partial charge in [-0.25, -0.2) is 4.39 Å². The second-order valence-corrected chi connectivity index (χ2v) is 6.75. The van der Waals surface area contributed by atoms with Crippen molar-refractivity contribution in [3.05, 3.63) is 76.5 Å². The van der Waals surface area contributed by atoms with Crippen LogP contribution in [0.2, 0.25) is 0 Å². The van der Waals surface area contributed by atoms with Crippen molar-refractivity contribution >= 4 is 22.5 Å². The quantitative estimate of drug-likeness (QED) is 0.532. The fourth-order valence-corrected chi connectivity index (χ4v) is 3.48. The van der Waals surface area contributed by atoms with Crippen LogP contribution in [-0.2, 0) is 17.9 Å². The standard InChI is InChI=1S/C22H20FN3O4/c1-29-19-8-5-14(10-20(19)30-2)12-24-21(27)13-26-18-11-15(23)6-7-16(18)25-9-3-4-17(25)22(26)28/h3-11H,12-13H2,1-2H3,(H,24,27). The van der Waals surface area contributed by atoms with E-state index in [2.05, 4.69) is 5.32 Å². The van der Waals surface area contributed by atoms with E-state index >= 15 is 0 Å². The van der Waals surface area contributed by atoms with E-state index in [4.69, 9.17) is 9.47 Å². The number of rotatable bonds is 6. The minimum absolute atomic E-state index is 0.228. The molecular weight excluding hydrogens is 389 g/mol. The first-order valence-corrected chi connectivity index (χ1v) is 9.28. The number of carbonyl (C=O) groups excluding carboxylic acids is 1. The Morgan fingerprint density at radius 1 is 1.00 bits per heavy atom. The number of benzene rings is 2. The van der Waals surface area contributed by atoms with Crippen LogP contribution in [0.3, 0.4) is 0 Å². The van der Waals surface area contributed by atoms with Crippen molar-refractivity contribution < 1.29 is 18.7 Å².